The molecule has 0 aliphatic heterocycles. The number of carbonyl (C=O) groups is 1. The summed E-state index contributed by atoms with van der Waals surface area (Å²) in [6, 6.07) is 10.0. The molecule has 0 amide bonds. The monoisotopic (exact) mass is 200 g/mol. The Hall–Kier alpha value is -1.90. The number of benzene rings is 1. The average molecular weight is 200 g/mol. The minimum Gasteiger partial charge on any atom is -0.324 e. The third-order valence-corrected chi connectivity index (χ3v) is 2.27. The van der Waals surface area contributed by atoms with E-state index in [-0.39, 0.29) is 5.78 Å². The van der Waals surface area contributed by atoms with Gasteiger partial charge in [-0.25, -0.2) is 4.98 Å². The summed E-state index contributed by atoms with van der Waals surface area (Å²) in [5.41, 5.74) is 1.82. The summed E-state index contributed by atoms with van der Waals surface area (Å²) in [6.45, 7) is 2.24. The third kappa shape index (κ3) is 2.13. The predicted molar refractivity (Wildman–Crippen MR) is 57.8 cm³/mol. The molecule has 3 heteroatoms. The van der Waals surface area contributed by atoms with Crippen molar-refractivity contribution in [1.29, 1.82) is 0 Å². The van der Waals surface area contributed by atoms with Crippen molar-refractivity contribution in [2.45, 2.75) is 13.5 Å². The number of carbonyl (C=O) groups excluding carboxylic acids is 1. The molecule has 76 valence electrons. The molecule has 0 saturated carbocycles. The van der Waals surface area contributed by atoms with Crippen molar-refractivity contribution in [3.63, 3.8) is 0 Å². The van der Waals surface area contributed by atoms with Crippen LogP contribution in [0.25, 0.3) is 0 Å². The van der Waals surface area contributed by atoms with E-state index in [1.807, 2.05) is 34.9 Å². The lowest BCUT2D eigenvalue weighted by atomic mass is 10.2. The smallest absolute Gasteiger partial charge is 0.177 e. The summed E-state index contributed by atoms with van der Waals surface area (Å²) in [6.07, 6.45) is 3.29. The number of Topliss-reactive ketones (excluding diaryl/α,β-unsaturated/α-hetero) is 1. The number of imidazole rings is 1. The minimum atomic E-state index is 0.0448. The van der Waals surface area contributed by atoms with Crippen molar-refractivity contribution in [3.05, 3.63) is 54.1 Å². The second kappa shape index (κ2) is 4.09. The van der Waals surface area contributed by atoms with Gasteiger partial charge in [-0.3, -0.25) is 4.79 Å². The van der Waals surface area contributed by atoms with Gasteiger partial charge in [0.1, 0.15) is 5.69 Å². The van der Waals surface area contributed by atoms with Crippen LogP contribution in [0, 0.1) is 0 Å². The van der Waals surface area contributed by atoms with E-state index in [9.17, 15) is 4.79 Å². The van der Waals surface area contributed by atoms with Crippen LogP contribution >= 0.6 is 0 Å². The van der Waals surface area contributed by atoms with Gasteiger partial charge in [0.15, 0.2) is 5.78 Å². The number of rotatable bonds is 3. The molecule has 0 atom stereocenters. The van der Waals surface area contributed by atoms with Gasteiger partial charge < -0.3 is 4.57 Å². The molecule has 1 heterocycles. The van der Waals surface area contributed by atoms with Crippen molar-refractivity contribution in [1.82, 2.24) is 9.55 Å². The van der Waals surface area contributed by atoms with Crippen LogP contribution < -0.4 is 0 Å². The summed E-state index contributed by atoms with van der Waals surface area (Å²) in [5.74, 6) is 0.0448. The number of aromatic nitrogens is 2. The van der Waals surface area contributed by atoms with Crippen molar-refractivity contribution in [3.8, 4) is 0 Å². The molecule has 0 N–H and O–H groups in total. The Bertz CT molecular complexity index is 459. The van der Waals surface area contributed by atoms with Crippen LogP contribution in [0.4, 0.5) is 0 Å². The lowest BCUT2D eigenvalue weighted by molar-refractivity contribution is 0.100. The van der Waals surface area contributed by atoms with E-state index in [1.165, 1.54) is 0 Å². The first-order valence-electron chi connectivity index (χ1n) is 4.82. The van der Waals surface area contributed by atoms with Gasteiger partial charge in [-0.05, 0) is 5.56 Å². The normalized spacial score (nSPS) is 10.2. The largest absolute Gasteiger partial charge is 0.324 e. The zero-order valence-electron chi connectivity index (χ0n) is 8.55. The first-order chi connectivity index (χ1) is 7.27. The van der Waals surface area contributed by atoms with E-state index in [0.717, 1.165) is 5.56 Å². The van der Waals surface area contributed by atoms with Gasteiger partial charge >= 0.3 is 0 Å². The maximum absolute atomic E-state index is 11.3. The zero-order valence-corrected chi connectivity index (χ0v) is 8.55. The molecule has 0 saturated heterocycles. The standard InChI is InChI=1S/C12H12N2O/c1-10(15)12-7-13-9-14(12)8-11-5-3-2-4-6-11/h2-7,9H,8H2,1H3. The fourth-order valence-corrected chi connectivity index (χ4v) is 1.52. The number of hydrogen-bond acceptors (Lipinski definition) is 2. The van der Waals surface area contributed by atoms with Crippen LogP contribution in [0.2, 0.25) is 0 Å². The molecular weight excluding hydrogens is 188 g/mol. The molecule has 2 aromatic rings. The Morgan fingerprint density at radius 3 is 2.73 bits per heavy atom. The van der Waals surface area contributed by atoms with Crippen LogP contribution in [0.3, 0.4) is 0 Å². The summed E-state index contributed by atoms with van der Waals surface area (Å²) in [7, 11) is 0. The highest BCUT2D eigenvalue weighted by molar-refractivity contribution is 5.92. The topological polar surface area (TPSA) is 34.9 Å². The van der Waals surface area contributed by atoms with E-state index in [1.54, 1.807) is 19.4 Å². The van der Waals surface area contributed by atoms with Gasteiger partial charge in [0.2, 0.25) is 0 Å². The summed E-state index contributed by atoms with van der Waals surface area (Å²) < 4.78 is 1.86. The Balaban J connectivity index is 2.25. The number of ketones is 1. The molecule has 0 aliphatic rings. The van der Waals surface area contributed by atoms with Gasteiger partial charge in [-0.1, -0.05) is 30.3 Å². The highest BCUT2D eigenvalue weighted by Crippen LogP contribution is 2.06. The van der Waals surface area contributed by atoms with Crippen LogP contribution in [0.1, 0.15) is 23.0 Å². The Labute approximate surface area is 88.4 Å². The third-order valence-electron chi connectivity index (χ3n) is 2.27. The number of hydrogen-bond donors (Lipinski definition) is 0. The molecule has 3 nitrogen and oxygen atoms in total. The lowest BCUT2D eigenvalue weighted by Crippen LogP contribution is -2.06. The minimum absolute atomic E-state index is 0.0448. The Morgan fingerprint density at radius 2 is 2.07 bits per heavy atom. The van der Waals surface area contributed by atoms with Gasteiger partial charge in [-0.15, -0.1) is 0 Å². The van der Waals surface area contributed by atoms with Gasteiger partial charge in [0.05, 0.1) is 12.5 Å². The van der Waals surface area contributed by atoms with Gasteiger partial charge in [-0.2, -0.15) is 0 Å². The molecule has 1 aromatic heterocycles. The number of nitrogens with zero attached hydrogens (tertiary/aromatic N) is 2. The zero-order chi connectivity index (χ0) is 10.7. The highest BCUT2D eigenvalue weighted by Gasteiger charge is 2.06. The van der Waals surface area contributed by atoms with Crippen LogP contribution in [0.15, 0.2) is 42.9 Å². The van der Waals surface area contributed by atoms with E-state index in [4.69, 9.17) is 0 Å². The second-order valence-electron chi connectivity index (χ2n) is 3.45. The van der Waals surface area contributed by atoms with Crippen molar-refractivity contribution in [2.75, 3.05) is 0 Å². The highest BCUT2D eigenvalue weighted by atomic mass is 16.1. The molecule has 1 aromatic carbocycles. The second-order valence-corrected chi connectivity index (χ2v) is 3.45. The van der Waals surface area contributed by atoms with Crippen LogP contribution in [-0.2, 0) is 6.54 Å². The van der Waals surface area contributed by atoms with E-state index >= 15 is 0 Å². The molecule has 0 spiro atoms. The fourth-order valence-electron chi connectivity index (χ4n) is 1.52. The average Bonchev–Trinajstić information content (AvgIpc) is 2.67. The van der Waals surface area contributed by atoms with E-state index < -0.39 is 0 Å². The summed E-state index contributed by atoms with van der Waals surface area (Å²) in [5, 5.41) is 0. The van der Waals surface area contributed by atoms with Crippen LogP contribution in [-0.4, -0.2) is 15.3 Å². The Kier molecular flexibility index (Phi) is 2.63. The van der Waals surface area contributed by atoms with Crippen LogP contribution in [0.5, 0.6) is 0 Å². The summed E-state index contributed by atoms with van der Waals surface area (Å²) >= 11 is 0. The maximum Gasteiger partial charge on any atom is 0.177 e. The fraction of sp³-hybridized carbons (Fsp3) is 0.167. The molecule has 0 aliphatic carbocycles. The molecule has 0 bridgehead atoms. The van der Waals surface area contributed by atoms with Crippen molar-refractivity contribution < 1.29 is 4.79 Å². The van der Waals surface area contributed by atoms with Crippen molar-refractivity contribution >= 4 is 5.78 Å². The van der Waals surface area contributed by atoms with E-state index in [0.29, 0.717) is 12.2 Å². The van der Waals surface area contributed by atoms with Gasteiger partial charge in [0, 0.05) is 13.5 Å². The predicted octanol–water partition coefficient (Wildman–Crippen LogP) is 2.13. The molecule has 15 heavy (non-hydrogen) atoms. The molecule has 2 rings (SSSR count). The SMILES string of the molecule is CC(=O)c1cncn1Cc1ccccc1. The van der Waals surface area contributed by atoms with Crippen molar-refractivity contribution in [2.24, 2.45) is 0 Å². The molecule has 0 fully saturated rings. The first kappa shape index (κ1) is 9.65. The van der Waals surface area contributed by atoms with E-state index in [2.05, 4.69) is 4.98 Å². The molecule has 0 unspecified atom stereocenters. The maximum atomic E-state index is 11.3. The first-order valence-corrected chi connectivity index (χ1v) is 4.82. The Morgan fingerprint density at radius 1 is 1.33 bits per heavy atom. The van der Waals surface area contributed by atoms with Gasteiger partial charge in [0.25, 0.3) is 0 Å². The molecular formula is C12H12N2O. The molecule has 0 radical (unpaired) electrons. The quantitative estimate of drug-likeness (QED) is 0.711. The summed E-state index contributed by atoms with van der Waals surface area (Å²) in [4.78, 5) is 15.2. The lowest BCUT2D eigenvalue weighted by Gasteiger charge is -2.05.